The molecule has 4 heteroatoms. The van der Waals surface area contributed by atoms with Crippen LogP contribution in [0.5, 0.6) is 0 Å². The van der Waals surface area contributed by atoms with Gasteiger partial charge in [0.25, 0.3) is 0 Å². The number of halogens is 1. The van der Waals surface area contributed by atoms with Crippen molar-refractivity contribution >= 4 is 10.2 Å². The summed E-state index contributed by atoms with van der Waals surface area (Å²) >= 11 is 0. The lowest BCUT2D eigenvalue weighted by molar-refractivity contribution is 0.190. The Labute approximate surface area is 60.6 Å². The Morgan fingerprint density at radius 2 is 1.80 bits per heavy atom. The fourth-order valence-corrected chi connectivity index (χ4v) is 2.67. The lowest BCUT2D eigenvalue weighted by Gasteiger charge is -2.39. The van der Waals surface area contributed by atoms with E-state index in [1.165, 1.54) is 0 Å². The summed E-state index contributed by atoms with van der Waals surface area (Å²) in [5.74, 6) is 0. The van der Waals surface area contributed by atoms with Crippen molar-refractivity contribution in [2.75, 3.05) is 0 Å². The molecule has 60 valence electrons. The van der Waals surface area contributed by atoms with Gasteiger partial charge in [0, 0.05) is 0 Å². The van der Waals surface area contributed by atoms with Crippen molar-refractivity contribution in [2.24, 2.45) is 5.41 Å². The van der Waals surface area contributed by atoms with Gasteiger partial charge in [-0.25, -0.2) is 0 Å². The maximum Gasteiger partial charge on any atom is 0.305 e. The smallest absolute Gasteiger partial charge is 0.195 e. The zero-order chi connectivity index (χ0) is 7.99. The number of hydrogen-bond acceptors (Lipinski definition) is 2. The van der Waals surface area contributed by atoms with Crippen LogP contribution < -0.4 is 0 Å². The van der Waals surface area contributed by atoms with Gasteiger partial charge in [-0.15, -0.1) is 3.89 Å². The molecule has 1 fully saturated rings. The van der Waals surface area contributed by atoms with Crippen LogP contribution in [-0.2, 0) is 10.2 Å². The molecule has 0 heterocycles. The van der Waals surface area contributed by atoms with Gasteiger partial charge in [-0.05, 0) is 18.3 Å². The third-order valence-corrected chi connectivity index (χ3v) is 3.09. The second-order valence-electron chi connectivity index (χ2n) is 3.67. The number of rotatable bonds is 1. The fourth-order valence-electron chi connectivity index (χ4n) is 1.37. The van der Waals surface area contributed by atoms with E-state index in [0.717, 1.165) is 0 Å². The molecule has 0 aliphatic heterocycles. The first-order valence-electron chi connectivity index (χ1n) is 3.25. The summed E-state index contributed by atoms with van der Waals surface area (Å²) in [5, 5.41) is -0.720. The summed E-state index contributed by atoms with van der Waals surface area (Å²) in [5.41, 5.74) is 0.0316. The zero-order valence-electron chi connectivity index (χ0n) is 6.09. The molecule has 0 aromatic carbocycles. The van der Waals surface area contributed by atoms with Gasteiger partial charge >= 0.3 is 10.2 Å². The molecule has 0 radical (unpaired) electrons. The predicted molar refractivity (Wildman–Crippen MR) is 36.8 cm³/mol. The Morgan fingerprint density at radius 1 is 1.40 bits per heavy atom. The maximum absolute atomic E-state index is 12.1. The van der Waals surface area contributed by atoms with Crippen molar-refractivity contribution in [3.8, 4) is 0 Å². The van der Waals surface area contributed by atoms with Gasteiger partial charge < -0.3 is 0 Å². The minimum Gasteiger partial charge on any atom is -0.195 e. The van der Waals surface area contributed by atoms with E-state index in [0.29, 0.717) is 12.8 Å². The van der Waals surface area contributed by atoms with E-state index in [1.807, 2.05) is 13.8 Å². The molecule has 10 heavy (non-hydrogen) atoms. The van der Waals surface area contributed by atoms with E-state index in [2.05, 4.69) is 0 Å². The van der Waals surface area contributed by atoms with Crippen molar-refractivity contribution in [1.82, 2.24) is 0 Å². The van der Waals surface area contributed by atoms with Crippen molar-refractivity contribution < 1.29 is 12.3 Å². The number of hydrogen-bond donors (Lipinski definition) is 0. The minimum atomic E-state index is -4.24. The second kappa shape index (κ2) is 1.94. The summed E-state index contributed by atoms with van der Waals surface area (Å²) in [6, 6.07) is 0. The minimum absolute atomic E-state index is 0.0316. The molecule has 1 saturated carbocycles. The van der Waals surface area contributed by atoms with Crippen LogP contribution in [0.25, 0.3) is 0 Å². The van der Waals surface area contributed by atoms with E-state index in [9.17, 15) is 12.3 Å². The third kappa shape index (κ3) is 1.48. The summed E-state index contributed by atoms with van der Waals surface area (Å²) in [6.07, 6.45) is 0.928. The van der Waals surface area contributed by atoms with Crippen molar-refractivity contribution in [1.29, 1.82) is 0 Å². The maximum atomic E-state index is 12.1. The van der Waals surface area contributed by atoms with Gasteiger partial charge in [-0.3, -0.25) is 0 Å². The lowest BCUT2D eigenvalue weighted by Crippen LogP contribution is -2.39. The summed E-state index contributed by atoms with van der Waals surface area (Å²) in [4.78, 5) is 0. The zero-order valence-corrected chi connectivity index (χ0v) is 6.91. The Balaban J connectivity index is 2.57. The molecule has 0 unspecified atom stereocenters. The van der Waals surface area contributed by atoms with Crippen LogP contribution in [0, 0.1) is 5.41 Å². The van der Waals surface area contributed by atoms with Crippen molar-refractivity contribution in [2.45, 2.75) is 31.9 Å². The predicted octanol–water partition coefficient (Wildman–Crippen LogP) is 1.47. The van der Waals surface area contributed by atoms with Crippen LogP contribution >= 0.6 is 0 Å². The molecule has 0 atom stereocenters. The van der Waals surface area contributed by atoms with E-state index < -0.39 is 15.5 Å². The van der Waals surface area contributed by atoms with Crippen LogP contribution in [0.2, 0.25) is 0 Å². The SMILES string of the molecule is CC1(C)CC(S(=O)(=O)F)C1. The molecule has 1 aliphatic carbocycles. The van der Waals surface area contributed by atoms with Crippen LogP contribution in [0.4, 0.5) is 3.89 Å². The topological polar surface area (TPSA) is 34.1 Å². The highest BCUT2D eigenvalue weighted by molar-refractivity contribution is 7.87. The van der Waals surface area contributed by atoms with Crippen LogP contribution in [0.15, 0.2) is 0 Å². The summed E-state index contributed by atoms with van der Waals surface area (Å²) in [7, 11) is -4.24. The van der Waals surface area contributed by atoms with Gasteiger partial charge in [0.1, 0.15) is 0 Å². The molecule has 0 aromatic rings. The molecule has 0 spiro atoms. The normalized spacial score (nSPS) is 25.9. The van der Waals surface area contributed by atoms with Gasteiger partial charge in [0.05, 0.1) is 5.25 Å². The largest absolute Gasteiger partial charge is 0.305 e. The molecular formula is C6H11FO2S. The van der Waals surface area contributed by atoms with E-state index >= 15 is 0 Å². The highest BCUT2D eigenvalue weighted by atomic mass is 32.3. The highest BCUT2D eigenvalue weighted by Crippen LogP contribution is 2.43. The summed E-state index contributed by atoms with van der Waals surface area (Å²) < 4.78 is 32.6. The Morgan fingerprint density at radius 3 is 1.90 bits per heavy atom. The first-order chi connectivity index (χ1) is 4.31. The second-order valence-corrected chi connectivity index (χ2v) is 5.29. The molecule has 0 bridgehead atoms. The molecule has 1 aliphatic rings. The van der Waals surface area contributed by atoms with Gasteiger partial charge in [-0.1, -0.05) is 13.8 Å². The molecule has 0 amide bonds. The molecule has 0 N–H and O–H groups in total. The fraction of sp³-hybridized carbons (Fsp3) is 1.00. The standard InChI is InChI=1S/C6H11FO2S/c1-6(2)3-5(4-6)10(7,8)9/h5H,3-4H2,1-2H3. The molecule has 2 nitrogen and oxygen atoms in total. The van der Waals surface area contributed by atoms with Crippen molar-refractivity contribution in [3.63, 3.8) is 0 Å². The highest BCUT2D eigenvalue weighted by Gasteiger charge is 2.43. The van der Waals surface area contributed by atoms with Crippen molar-refractivity contribution in [3.05, 3.63) is 0 Å². The molecule has 0 saturated heterocycles. The Kier molecular flexibility index (Phi) is 1.54. The van der Waals surface area contributed by atoms with Crippen LogP contribution in [0.1, 0.15) is 26.7 Å². The Bertz CT molecular complexity index is 222. The van der Waals surface area contributed by atoms with Crippen LogP contribution in [0.3, 0.4) is 0 Å². The molecule has 1 rings (SSSR count). The molecular weight excluding hydrogens is 155 g/mol. The monoisotopic (exact) mass is 166 g/mol. The quantitative estimate of drug-likeness (QED) is 0.553. The average Bonchev–Trinajstić information content (AvgIpc) is 1.56. The first kappa shape index (κ1) is 7.98. The first-order valence-corrected chi connectivity index (χ1v) is 4.69. The lowest BCUT2D eigenvalue weighted by atomic mass is 9.72. The van der Waals surface area contributed by atoms with Gasteiger partial charge in [-0.2, -0.15) is 8.42 Å². The van der Waals surface area contributed by atoms with Crippen LogP contribution in [-0.4, -0.2) is 13.7 Å². The van der Waals surface area contributed by atoms with E-state index in [1.54, 1.807) is 0 Å². The third-order valence-electron chi connectivity index (χ3n) is 1.96. The van der Waals surface area contributed by atoms with E-state index in [-0.39, 0.29) is 5.41 Å². The average molecular weight is 166 g/mol. The Hall–Kier alpha value is -0.120. The van der Waals surface area contributed by atoms with E-state index in [4.69, 9.17) is 0 Å². The van der Waals surface area contributed by atoms with Gasteiger partial charge in [0.15, 0.2) is 0 Å². The molecule has 0 aromatic heterocycles. The van der Waals surface area contributed by atoms with Gasteiger partial charge in [0.2, 0.25) is 0 Å². The summed E-state index contributed by atoms with van der Waals surface area (Å²) in [6.45, 7) is 3.88.